The van der Waals surface area contributed by atoms with Crippen molar-refractivity contribution in [3.8, 4) is 0 Å². The standard InChI is InChI=1S/C16H24N2O5S/c1-9(2)23-16(20)13-10(3)14(17-11(13)4)15(19)18(5)12-6-7-24(21,22)8-12/h9,12,17H,6-8H2,1-5H3. The third-order valence-corrected chi connectivity index (χ3v) is 6.03. The van der Waals surface area contributed by atoms with E-state index in [2.05, 4.69) is 4.98 Å². The fraction of sp³-hybridized carbons (Fsp3) is 0.625. The molecule has 1 atom stereocenters. The van der Waals surface area contributed by atoms with Crippen molar-refractivity contribution < 1.29 is 22.7 Å². The fourth-order valence-electron chi connectivity index (χ4n) is 2.97. The summed E-state index contributed by atoms with van der Waals surface area (Å²) in [6.45, 7) is 6.92. The number of aromatic nitrogens is 1. The quantitative estimate of drug-likeness (QED) is 0.824. The first-order valence-electron chi connectivity index (χ1n) is 7.91. The molecule has 0 aromatic carbocycles. The normalized spacial score (nSPS) is 19.5. The zero-order valence-electron chi connectivity index (χ0n) is 14.7. The lowest BCUT2D eigenvalue weighted by atomic mass is 10.1. The summed E-state index contributed by atoms with van der Waals surface area (Å²) >= 11 is 0. The Hall–Kier alpha value is -1.83. The summed E-state index contributed by atoms with van der Waals surface area (Å²) in [6.07, 6.45) is 0.183. The van der Waals surface area contributed by atoms with Crippen molar-refractivity contribution in [1.82, 2.24) is 9.88 Å². The van der Waals surface area contributed by atoms with Crippen molar-refractivity contribution >= 4 is 21.7 Å². The zero-order valence-corrected chi connectivity index (χ0v) is 15.5. The van der Waals surface area contributed by atoms with Crippen LogP contribution in [0, 0.1) is 13.8 Å². The van der Waals surface area contributed by atoms with E-state index >= 15 is 0 Å². The fourth-order valence-corrected chi connectivity index (χ4v) is 4.74. The van der Waals surface area contributed by atoms with Gasteiger partial charge in [-0.25, -0.2) is 13.2 Å². The minimum absolute atomic E-state index is 0.0176. The van der Waals surface area contributed by atoms with Crippen LogP contribution in [0.4, 0.5) is 0 Å². The second-order valence-corrected chi connectivity index (χ2v) is 8.78. The number of ether oxygens (including phenoxy) is 1. The molecule has 134 valence electrons. The van der Waals surface area contributed by atoms with E-state index in [4.69, 9.17) is 4.74 Å². The van der Waals surface area contributed by atoms with Gasteiger partial charge in [0.05, 0.1) is 23.2 Å². The Morgan fingerprint density at radius 2 is 1.92 bits per heavy atom. The molecule has 1 saturated heterocycles. The maximum absolute atomic E-state index is 12.7. The Morgan fingerprint density at radius 3 is 2.42 bits per heavy atom. The maximum Gasteiger partial charge on any atom is 0.340 e. The molecule has 8 heteroatoms. The van der Waals surface area contributed by atoms with Gasteiger partial charge in [0, 0.05) is 18.8 Å². The molecule has 24 heavy (non-hydrogen) atoms. The lowest BCUT2D eigenvalue weighted by Crippen LogP contribution is -2.38. The number of esters is 1. The average molecular weight is 356 g/mol. The molecule has 0 aliphatic carbocycles. The molecular formula is C16H24N2O5S. The van der Waals surface area contributed by atoms with Crippen LogP contribution in [0.1, 0.15) is 52.4 Å². The van der Waals surface area contributed by atoms with Crippen LogP contribution in [-0.2, 0) is 14.6 Å². The van der Waals surface area contributed by atoms with Crippen LogP contribution in [0.25, 0.3) is 0 Å². The summed E-state index contributed by atoms with van der Waals surface area (Å²) in [4.78, 5) is 29.3. The summed E-state index contributed by atoms with van der Waals surface area (Å²) < 4.78 is 28.4. The van der Waals surface area contributed by atoms with Crippen LogP contribution in [0.5, 0.6) is 0 Å². The predicted octanol–water partition coefficient (Wildman–Crippen LogP) is 1.46. The van der Waals surface area contributed by atoms with E-state index in [0.29, 0.717) is 28.9 Å². The minimum Gasteiger partial charge on any atom is -0.459 e. The van der Waals surface area contributed by atoms with Crippen LogP contribution in [-0.4, -0.2) is 60.9 Å². The summed E-state index contributed by atoms with van der Waals surface area (Å²) in [6, 6.07) is -0.337. The summed E-state index contributed by atoms with van der Waals surface area (Å²) in [5.74, 6) is -0.706. The number of sulfone groups is 1. The first kappa shape index (κ1) is 18.5. The van der Waals surface area contributed by atoms with Crippen molar-refractivity contribution in [3.05, 3.63) is 22.5 Å². The molecule has 0 bridgehead atoms. The molecule has 0 radical (unpaired) electrons. The molecule has 1 aliphatic heterocycles. The Balaban J connectivity index is 2.26. The molecule has 1 amide bonds. The second-order valence-electron chi connectivity index (χ2n) is 6.55. The van der Waals surface area contributed by atoms with E-state index in [1.54, 1.807) is 34.7 Å². The van der Waals surface area contributed by atoms with Crippen LogP contribution in [0.15, 0.2) is 0 Å². The van der Waals surface area contributed by atoms with Crippen molar-refractivity contribution in [1.29, 1.82) is 0 Å². The van der Waals surface area contributed by atoms with Gasteiger partial charge in [-0.2, -0.15) is 0 Å². The lowest BCUT2D eigenvalue weighted by Gasteiger charge is -2.23. The number of hydrogen-bond acceptors (Lipinski definition) is 5. The molecule has 0 saturated carbocycles. The van der Waals surface area contributed by atoms with E-state index in [9.17, 15) is 18.0 Å². The topological polar surface area (TPSA) is 96.5 Å². The lowest BCUT2D eigenvalue weighted by molar-refractivity contribution is 0.0376. The molecule has 1 fully saturated rings. The van der Waals surface area contributed by atoms with Crippen molar-refractivity contribution in [2.75, 3.05) is 18.6 Å². The molecule has 1 aliphatic rings. The summed E-state index contributed by atoms with van der Waals surface area (Å²) in [7, 11) is -1.48. The van der Waals surface area contributed by atoms with Gasteiger partial charge in [0.1, 0.15) is 5.69 Å². The van der Waals surface area contributed by atoms with Crippen LogP contribution in [0.2, 0.25) is 0 Å². The second kappa shape index (κ2) is 6.58. The Labute approximate surface area is 142 Å². The number of aryl methyl sites for hydroxylation is 1. The largest absolute Gasteiger partial charge is 0.459 e. The van der Waals surface area contributed by atoms with E-state index < -0.39 is 15.8 Å². The maximum atomic E-state index is 12.7. The number of aromatic amines is 1. The third-order valence-electron chi connectivity index (χ3n) is 4.27. The molecule has 0 spiro atoms. The van der Waals surface area contributed by atoms with E-state index in [-0.39, 0.29) is 29.6 Å². The van der Waals surface area contributed by atoms with Gasteiger partial charge in [-0.3, -0.25) is 4.79 Å². The highest BCUT2D eigenvalue weighted by Gasteiger charge is 2.34. The molecule has 1 aromatic rings. The first-order chi connectivity index (χ1) is 11.0. The monoisotopic (exact) mass is 356 g/mol. The van der Waals surface area contributed by atoms with Gasteiger partial charge < -0.3 is 14.6 Å². The highest BCUT2D eigenvalue weighted by atomic mass is 32.2. The third kappa shape index (κ3) is 3.63. The number of nitrogens with one attached hydrogen (secondary N) is 1. The van der Waals surface area contributed by atoms with Gasteiger partial charge in [-0.1, -0.05) is 0 Å². The van der Waals surface area contributed by atoms with Gasteiger partial charge in [0.2, 0.25) is 0 Å². The van der Waals surface area contributed by atoms with E-state index in [0.717, 1.165) is 0 Å². The molecule has 2 rings (SSSR count). The predicted molar refractivity (Wildman–Crippen MR) is 90.0 cm³/mol. The Bertz CT molecular complexity index is 764. The van der Waals surface area contributed by atoms with E-state index in [1.807, 2.05) is 0 Å². The van der Waals surface area contributed by atoms with Crippen LogP contribution >= 0.6 is 0 Å². The first-order valence-corrected chi connectivity index (χ1v) is 9.73. The molecule has 2 heterocycles. The Kier molecular flexibility index (Phi) is 5.08. The van der Waals surface area contributed by atoms with Crippen molar-refractivity contribution in [2.45, 2.75) is 46.3 Å². The van der Waals surface area contributed by atoms with Gasteiger partial charge in [0.25, 0.3) is 5.91 Å². The highest BCUT2D eigenvalue weighted by molar-refractivity contribution is 7.91. The number of nitrogens with zero attached hydrogens (tertiary/aromatic N) is 1. The van der Waals surface area contributed by atoms with Gasteiger partial charge in [-0.05, 0) is 39.7 Å². The number of hydrogen-bond donors (Lipinski definition) is 1. The smallest absolute Gasteiger partial charge is 0.340 e. The summed E-state index contributed by atoms with van der Waals surface area (Å²) in [5, 5.41) is 0. The number of amides is 1. The van der Waals surface area contributed by atoms with Gasteiger partial charge in [0.15, 0.2) is 9.84 Å². The molecular weight excluding hydrogens is 332 g/mol. The SMILES string of the molecule is Cc1[nH]c(C(=O)N(C)C2CCS(=O)(=O)C2)c(C)c1C(=O)OC(C)C. The summed E-state index contributed by atoms with van der Waals surface area (Å²) in [5.41, 5.74) is 1.75. The molecule has 1 aromatic heterocycles. The van der Waals surface area contributed by atoms with Crippen molar-refractivity contribution in [2.24, 2.45) is 0 Å². The van der Waals surface area contributed by atoms with E-state index in [1.165, 1.54) is 4.90 Å². The number of rotatable bonds is 4. The Morgan fingerprint density at radius 1 is 1.29 bits per heavy atom. The van der Waals surface area contributed by atoms with Crippen LogP contribution in [0.3, 0.4) is 0 Å². The van der Waals surface area contributed by atoms with Crippen LogP contribution < -0.4 is 0 Å². The zero-order chi connectivity index (χ0) is 18.2. The molecule has 1 unspecified atom stereocenters. The number of H-pyrrole nitrogens is 1. The average Bonchev–Trinajstić information content (AvgIpc) is 2.96. The number of carbonyl (C=O) groups is 2. The molecule has 7 nitrogen and oxygen atoms in total. The number of carbonyl (C=O) groups excluding carboxylic acids is 2. The van der Waals surface area contributed by atoms with Crippen molar-refractivity contribution in [3.63, 3.8) is 0 Å². The highest BCUT2D eigenvalue weighted by Crippen LogP contribution is 2.23. The van der Waals surface area contributed by atoms with Gasteiger partial charge in [-0.15, -0.1) is 0 Å². The minimum atomic E-state index is -3.07. The molecule has 1 N–H and O–H groups in total. The van der Waals surface area contributed by atoms with Gasteiger partial charge >= 0.3 is 5.97 Å².